The van der Waals surface area contributed by atoms with Gasteiger partial charge in [0.15, 0.2) is 7.12 Å². The van der Waals surface area contributed by atoms with Gasteiger partial charge in [-0.05, 0) is 80.9 Å². The van der Waals surface area contributed by atoms with Crippen LogP contribution in [0.5, 0.6) is 0 Å². The van der Waals surface area contributed by atoms with Crippen LogP contribution in [0.15, 0.2) is 37.2 Å². The Morgan fingerprint density at radius 3 is 0.893 bits per heavy atom. The molecule has 0 amide bonds. The van der Waals surface area contributed by atoms with Crippen LogP contribution in [0.3, 0.4) is 0 Å². The van der Waals surface area contributed by atoms with E-state index in [2.05, 4.69) is 129 Å². The Kier molecular flexibility index (Phi) is 5.09. The molecule has 1 radical (unpaired) electrons. The molecule has 0 N–H and O–H groups in total. The second-order valence-corrected chi connectivity index (χ2v) is 11.1. The SMILES string of the molecule is CC(C)(C)N1C=CN([B-](N2C=CN(C(C)(C)C)C2)N2C=CN(C(C)(C)C)C2)C1. The highest BCUT2D eigenvalue weighted by molar-refractivity contribution is 6.50. The van der Waals surface area contributed by atoms with E-state index in [1.165, 1.54) is 0 Å². The molecule has 0 bridgehead atoms. The van der Waals surface area contributed by atoms with Crippen LogP contribution in [0.1, 0.15) is 62.3 Å². The molecule has 0 aromatic heterocycles. The van der Waals surface area contributed by atoms with E-state index in [1.807, 2.05) is 0 Å². The predicted octanol–water partition coefficient (Wildman–Crippen LogP) is 3.51. The zero-order valence-corrected chi connectivity index (χ0v) is 19.3. The van der Waals surface area contributed by atoms with E-state index in [0.29, 0.717) is 0 Å². The molecule has 3 heterocycles. The van der Waals surface area contributed by atoms with E-state index < -0.39 is 0 Å². The van der Waals surface area contributed by atoms with Crippen molar-refractivity contribution in [3.8, 4) is 0 Å². The summed E-state index contributed by atoms with van der Waals surface area (Å²) < 4.78 is 0. The second kappa shape index (κ2) is 6.85. The fourth-order valence-electron chi connectivity index (χ4n) is 3.64. The minimum atomic E-state index is 0.117. The molecule has 28 heavy (non-hydrogen) atoms. The Balaban J connectivity index is 1.80. The molecule has 3 aliphatic rings. The third-order valence-electron chi connectivity index (χ3n) is 5.74. The molecule has 3 aliphatic heterocycles. The molecule has 0 saturated heterocycles. The molecule has 0 aromatic rings. The first kappa shape index (κ1) is 20.8. The standard InChI is InChI=1S/C21H39BN6/c1-19(2,3)23-10-13-26(16-23)22(27-14-11-24(17-27)20(4,5)6)28-15-12-25(18-28)21(7,8)9/h10-15H,16-18H2,1-9H3/q-1. The van der Waals surface area contributed by atoms with Crippen LogP contribution in [-0.4, -0.2) is 72.9 Å². The Bertz CT molecular complexity index is 561. The molecule has 0 spiro atoms. The molecular formula is C21H39BN6-. The van der Waals surface area contributed by atoms with Gasteiger partial charge in [-0.3, -0.25) is 0 Å². The molecule has 3 rings (SSSR count). The maximum Gasteiger partial charge on any atom is 0.193 e. The quantitative estimate of drug-likeness (QED) is 0.687. The van der Waals surface area contributed by atoms with Gasteiger partial charge in [0, 0.05) is 35.2 Å². The molecule has 0 saturated carbocycles. The first-order valence-electron chi connectivity index (χ1n) is 10.4. The highest BCUT2D eigenvalue weighted by atomic mass is 15.5. The maximum absolute atomic E-state index is 2.44. The summed E-state index contributed by atoms with van der Waals surface area (Å²) in [6.07, 6.45) is 13.4. The van der Waals surface area contributed by atoms with Crippen molar-refractivity contribution in [1.82, 2.24) is 29.1 Å². The van der Waals surface area contributed by atoms with Crippen molar-refractivity contribution in [3.63, 3.8) is 0 Å². The fraction of sp³-hybridized carbons (Fsp3) is 0.714. The third kappa shape index (κ3) is 4.23. The van der Waals surface area contributed by atoms with E-state index in [1.54, 1.807) is 0 Å². The number of hydrogen-bond donors (Lipinski definition) is 0. The Hall–Kier alpha value is -1.92. The van der Waals surface area contributed by atoms with Crippen LogP contribution < -0.4 is 0 Å². The maximum atomic E-state index is 2.44. The Labute approximate surface area is 172 Å². The van der Waals surface area contributed by atoms with Gasteiger partial charge in [0.2, 0.25) is 0 Å². The Morgan fingerprint density at radius 2 is 0.714 bits per heavy atom. The third-order valence-corrected chi connectivity index (χ3v) is 5.74. The predicted molar refractivity (Wildman–Crippen MR) is 118 cm³/mol. The van der Waals surface area contributed by atoms with Crippen molar-refractivity contribution in [3.05, 3.63) is 37.2 Å². The summed E-state index contributed by atoms with van der Waals surface area (Å²) in [6, 6.07) is 0. The lowest BCUT2D eigenvalue weighted by Gasteiger charge is -2.54. The smallest absolute Gasteiger partial charge is 0.193 e. The van der Waals surface area contributed by atoms with Crippen LogP contribution >= 0.6 is 0 Å². The first-order valence-corrected chi connectivity index (χ1v) is 10.4. The van der Waals surface area contributed by atoms with E-state index >= 15 is 0 Å². The van der Waals surface area contributed by atoms with Crippen LogP contribution in [0.25, 0.3) is 0 Å². The first-order chi connectivity index (χ1) is 12.8. The monoisotopic (exact) mass is 386 g/mol. The van der Waals surface area contributed by atoms with Gasteiger partial charge >= 0.3 is 0 Å². The van der Waals surface area contributed by atoms with Gasteiger partial charge in [0.05, 0.1) is 20.0 Å². The van der Waals surface area contributed by atoms with E-state index in [9.17, 15) is 0 Å². The van der Waals surface area contributed by atoms with Gasteiger partial charge in [0.25, 0.3) is 0 Å². The van der Waals surface area contributed by atoms with Crippen molar-refractivity contribution in [1.29, 1.82) is 0 Å². The summed E-state index contributed by atoms with van der Waals surface area (Å²) in [6.45, 7) is 23.1. The molecule has 7 heteroatoms. The summed E-state index contributed by atoms with van der Waals surface area (Å²) in [5.74, 6) is 0. The fourth-order valence-corrected chi connectivity index (χ4v) is 3.64. The molecule has 157 valence electrons. The molecule has 0 unspecified atom stereocenters. The van der Waals surface area contributed by atoms with Crippen molar-refractivity contribution in [2.24, 2.45) is 0 Å². The van der Waals surface area contributed by atoms with Crippen LogP contribution in [0.2, 0.25) is 0 Å². The largest absolute Gasteiger partial charge is 0.521 e. The molecule has 0 fully saturated rings. The molecular weight excluding hydrogens is 347 g/mol. The molecule has 0 aliphatic carbocycles. The van der Waals surface area contributed by atoms with Crippen LogP contribution in [0, 0.1) is 0 Å². The van der Waals surface area contributed by atoms with E-state index in [-0.39, 0.29) is 23.7 Å². The lowest BCUT2D eigenvalue weighted by molar-refractivity contribution is 0.154. The van der Waals surface area contributed by atoms with Gasteiger partial charge in [0.1, 0.15) is 0 Å². The lowest BCUT2D eigenvalue weighted by Crippen LogP contribution is -2.61. The average molecular weight is 386 g/mol. The number of rotatable bonds is 3. The summed E-state index contributed by atoms with van der Waals surface area (Å²) in [4.78, 5) is 14.5. The van der Waals surface area contributed by atoms with Crippen molar-refractivity contribution in [2.75, 3.05) is 20.0 Å². The van der Waals surface area contributed by atoms with Gasteiger partial charge in [-0.2, -0.15) is 0 Å². The van der Waals surface area contributed by atoms with Gasteiger partial charge < -0.3 is 29.1 Å². The zero-order chi connectivity index (χ0) is 20.9. The Morgan fingerprint density at radius 1 is 0.464 bits per heavy atom. The van der Waals surface area contributed by atoms with Crippen molar-refractivity contribution in [2.45, 2.75) is 78.9 Å². The normalized spacial score (nSPS) is 20.8. The minimum Gasteiger partial charge on any atom is -0.521 e. The lowest BCUT2D eigenvalue weighted by atomic mass is 9.85. The van der Waals surface area contributed by atoms with Crippen LogP contribution in [-0.2, 0) is 0 Å². The highest BCUT2D eigenvalue weighted by Crippen LogP contribution is 2.28. The summed E-state index contributed by atoms with van der Waals surface area (Å²) in [5, 5.41) is 0. The topological polar surface area (TPSA) is 19.4 Å². The zero-order valence-electron chi connectivity index (χ0n) is 19.3. The van der Waals surface area contributed by atoms with Gasteiger partial charge in [-0.15, -0.1) is 0 Å². The average Bonchev–Trinajstić information content (AvgIpc) is 3.26. The highest BCUT2D eigenvalue weighted by Gasteiger charge is 2.32. The van der Waals surface area contributed by atoms with Crippen LogP contribution in [0.4, 0.5) is 0 Å². The van der Waals surface area contributed by atoms with Gasteiger partial charge in [-0.1, -0.05) is 0 Å². The number of nitrogens with zero attached hydrogens (tertiary/aromatic N) is 6. The molecule has 6 nitrogen and oxygen atoms in total. The van der Waals surface area contributed by atoms with E-state index in [4.69, 9.17) is 0 Å². The minimum absolute atomic E-state index is 0.117. The number of hydrogen-bond acceptors (Lipinski definition) is 6. The summed E-state index contributed by atoms with van der Waals surface area (Å²) in [5.41, 5.74) is 0.352. The second-order valence-electron chi connectivity index (χ2n) is 11.1. The summed E-state index contributed by atoms with van der Waals surface area (Å²) in [7, 11) is 0.149. The molecule has 0 aromatic carbocycles. The summed E-state index contributed by atoms with van der Waals surface area (Å²) >= 11 is 0. The van der Waals surface area contributed by atoms with Crippen molar-refractivity contribution < 1.29 is 0 Å². The van der Waals surface area contributed by atoms with Gasteiger partial charge in [-0.25, -0.2) is 0 Å². The molecule has 0 atom stereocenters. The van der Waals surface area contributed by atoms with Crippen molar-refractivity contribution >= 4 is 7.12 Å². The van der Waals surface area contributed by atoms with E-state index in [0.717, 1.165) is 20.0 Å².